The fraction of sp³-hybridized carbons (Fsp3) is 0. The van der Waals surface area contributed by atoms with Crippen molar-refractivity contribution in [3.8, 4) is 56.4 Å². The Morgan fingerprint density at radius 1 is 0.373 bits per heavy atom. The first kappa shape index (κ1) is 29.0. The summed E-state index contributed by atoms with van der Waals surface area (Å²) in [5, 5.41) is 5.37. The second-order valence-electron chi connectivity index (χ2n) is 12.7. The minimum absolute atomic E-state index is 0.542. The van der Waals surface area contributed by atoms with E-state index >= 15 is 0 Å². The minimum Gasteiger partial charge on any atom is -0.455 e. The predicted molar refractivity (Wildman–Crippen MR) is 207 cm³/mol. The molecule has 0 bridgehead atoms. The molecular formula is C46H28N4O. The van der Waals surface area contributed by atoms with E-state index < -0.39 is 0 Å². The van der Waals surface area contributed by atoms with Crippen LogP contribution in [0.25, 0.3) is 100 Å². The fourth-order valence-electron chi connectivity index (χ4n) is 7.08. The summed E-state index contributed by atoms with van der Waals surface area (Å²) in [6.45, 7) is 0. The van der Waals surface area contributed by atoms with Gasteiger partial charge in [0, 0.05) is 38.9 Å². The van der Waals surface area contributed by atoms with Crippen molar-refractivity contribution in [3.63, 3.8) is 0 Å². The van der Waals surface area contributed by atoms with Gasteiger partial charge in [0.1, 0.15) is 11.2 Å². The van der Waals surface area contributed by atoms with Crippen molar-refractivity contribution in [1.29, 1.82) is 0 Å². The second-order valence-corrected chi connectivity index (χ2v) is 12.7. The van der Waals surface area contributed by atoms with Crippen LogP contribution in [0.5, 0.6) is 0 Å². The highest BCUT2D eigenvalue weighted by Crippen LogP contribution is 2.42. The molecule has 0 N–H and O–H groups in total. The minimum atomic E-state index is 0.542. The van der Waals surface area contributed by atoms with Gasteiger partial charge in [-0.15, -0.1) is 0 Å². The quantitative estimate of drug-likeness (QED) is 0.173. The molecule has 0 unspecified atom stereocenters. The first-order valence-electron chi connectivity index (χ1n) is 17.0. The van der Waals surface area contributed by atoms with Gasteiger partial charge in [-0.25, -0.2) is 15.0 Å². The number of furan rings is 1. The van der Waals surface area contributed by atoms with E-state index in [0.717, 1.165) is 82.6 Å². The average Bonchev–Trinajstić information content (AvgIpc) is 3.59. The van der Waals surface area contributed by atoms with Crippen LogP contribution < -0.4 is 0 Å². The third kappa shape index (κ3) is 5.03. The Morgan fingerprint density at radius 3 is 1.75 bits per heavy atom. The van der Waals surface area contributed by atoms with Crippen LogP contribution in [0.3, 0.4) is 0 Å². The van der Waals surface area contributed by atoms with Gasteiger partial charge < -0.3 is 4.42 Å². The highest BCUT2D eigenvalue weighted by Gasteiger charge is 2.21. The molecule has 238 valence electrons. The van der Waals surface area contributed by atoms with E-state index in [-0.39, 0.29) is 0 Å². The molecule has 0 radical (unpaired) electrons. The molecule has 0 aliphatic carbocycles. The molecular weight excluding hydrogens is 625 g/mol. The molecule has 0 spiro atoms. The molecule has 0 saturated carbocycles. The molecule has 10 rings (SSSR count). The lowest BCUT2D eigenvalue weighted by Crippen LogP contribution is -2.00. The third-order valence-corrected chi connectivity index (χ3v) is 9.56. The standard InChI is InChI=1S/C46H28N4O/c1-3-12-29(13-4-1)30-21-23-32(24-22-30)45-48-44(31-14-5-2-6-15-31)49-46(50-45)40-28-34(27-39-36-18-9-10-20-41(36)51-43(39)40)38-26-33-16-7-8-17-35(33)42-37(38)19-11-25-47-42/h1-28H. The topological polar surface area (TPSA) is 64.7 Å². The summed E-state index contributed by atoms with van der Waals surface area (Å²) >= 11 is 0. The van der Waals surface area contributed by atoms with Crippen molar-refractivity contribution in [2.75, 3.05) is 0 Å². The lowest BCUT2D eigenvalue weighted by molar-refractivity contribution is 0.669. The van der Waals surface area contributed by atoms with Crippen LogP contribution in [0.2, 0.25) is 0 Å². The summed E-state index contributed by atoms with van der Waals surface area (Å²) in [7, 11) is 0. The van der Waals surface area contributed by atoms with E-state index in [9.17, 15) is 0 Å². The van der Waals surface area contributed by atoms with E-state index in [1.54, 1.807) is 0 Å². The van der Waals surface area contributed by atoms with Crippen LogP contribution in [-0.4, -0.2) is 19.9 Å². The van der Waals surface area contributed by atoms with E-state index in [4.69, 9.17) is 24.4 Å². The smallest absolute Gasteiger partial charge is 0.167 e. The molecule has 0 fully saturated rings. The molecule has 10 aromatic rings. The Bertz CT molecular complexity index is 2900. The maximum absolute atomic E-state index is 6.63. The molecule has 51 heavy (non-hydrogen) atoms. The summed E-state index contributed by atoms with van der Waals surface area (Å²) in [5.74, 6) is 1.73. The Hall–Kier alpha value is -6.98. The SMILES string of the molecule is c1ccc(-c2ccc(-c3nc(-c4ccccc4)nc(-c4cc(-c5cc6ccccc6c6ncccc56)cc5c4oc4ccccc45)n3)cc2)cc1. The van der Waals surface area contributed by atoms with E-state index in [1.807, 2.05) is 66.9 Å². The number of para-hydroxylation sites is 1. The van der Waals surface area contributed by atoms with Crippen LogP contribution in [-0.2, 0) is 0 Å². The van der Waals surface area contributed by atoms with Crippen molar-refractivity contribution in [1.82, 2.24) is 19.9 Å². The Labute approximate surface area is 293 Å². The lowest BCUT2D eigenvalue weighted by atomic mass is 9.93. The van der Waals surface area contributed by atoms with Gasteiger partial charge in [-0.3, -0.25) is 4.98 Å². The van der Waals surface area contributed by atoms with Crippen LogP contribution >= 0.6 is 0 Å². The largest absolute Gasteiger partial charge is 0.455 e. The van der Waals surface area contributed by atoms with Crippen molar-refractivity contribution in [3.05, 3.63) is 170 Å². The summed E-state index contributed by atoms with van der Waals surface area (Å²) in [4.78, 5) is 20.2. The van der Waals surface area contributed by atoms with Gasteiger partial charge in [-0.2, -0.15) is 0 Å². The number of benzene rings is 7. The molecule has 5 heteroatoms. The highest BCUT2D eigenvalue weighted by atomic mass is 16.3. The second kappa shape index (κ2) is 11.9. The predicted octanol–water partition coefficient (Wildman–Crippen LogP) is 11.8. The Morgan fingerprint density at radius 2 is 0.961 bits per heavy atom. The number of aromatic nitrogens is 4. The maximum Gasteiger partial charge on any atom is 0.167 e. The third-order valence-electron chi connectivity index (χ3n) is 9.56. The molecule has 5 nitrogen and oxygen atoms in total. The zero-order valence-corrected chi connectivity index (χ0v) is 27.4. The number of fused-ring (bicyclic) bond motifs is 6. The number of pyridine rings is 1. The van der Waals surface area contributed by atoms with Crippen LogP contribution in [0.15, 0.2) is 174 Å². The monoisotopic (exact) mass is 652 g/mol. The van der Waals surface area contributed by atoms with Crippen LogP contribution in [0, 0.1) is 0 Å². The summed E-state index contributed by atoms with van der Waals surface area (Å²) in [5.41, 5.74) is 9.52. The maximum atomic E-state index is 6.63. The highest BCUT2D eigenvalue weighted by molar-refractivity contribution is 6.15. The van der Waals surface area contributed by atoms with Gasteiger partial charge in [0.2, 0.25) is 0 Å². The fourth-order valence-corrected chi connectivity index (χ4v) is 7.08. The molecule has 0 aliphatic heterocycles. The lowest BCUT2D eigenvalue weighted by Gasteiger charge is -2.13. The molecule has 0 atom stereocenters. The van der Waals surface area contributed by atoms with Crippen LogP contribution in [0.4, 0.5) is 0 Å². The Kier molecular flexibility index (Phi) is 6.74. The first-order valence-corrected chi connectivity index (χ1v) is 17.0. The zero-order chi connectivity index (χ0) is 33.7. The number of rotatable bonds is 5. The molecule has 0 amide bonds. The van der Waals surface area contributed by atoms with Gasteiger partial charge in [0.25, 0.3) is 0 Å². The molecule has 3 heterocycles. The average molecular weight is 653 g/mol. The van der Waals surface area contributed by atoms with Crippen molar-refractivity contribution in [2.24, 2.45) is 0 Å². The van der Waals surface area contributed by atoms with Crippen LogP contribution in [0.1, 0.15) is 0 Å². The molecule has 0 saturated heterocycles. The molecule has 0 aliphatic rings. The van der Waals surface area contributed by atoms with Gasteiger partial charge in [0.05, 0.1) is 11.1 Å². The normalized spacial score (nSPS) is 11.5. The first-order chi connectivity index (χ1) is 25.3. The zero-order valence-electron chi connectivity index (χ0n) is 27.4. The number of nitrogens with zero attached hydrogens (tertiary/aromatic N) is 4. The van der Waals surface area contributed by atoms with Gasteiger partial charge in [-0.05, 0) is 58.0 Å². The van der Waals surface area contributed by atoms with Crippen molar-refractivity contribution < 1.29 is 4.42 Å². The van der Waals surface area contributed by atoms with Gasteiger partial charge in [0.15, 0.2) is 17.5 Å². The summed E-state index contributed by atoms with van der Waals surface area (Å²) in [6, 6.07) is 56.2. The van der Waals surface area contributed by atoms with E-state index in [2.05, 4.69) is 103 Å². The van der Waals surface area contributed by atoms with E-state index in [0.29, 0.717) is 17.5 Å². The van der Waals surface area contributed by atoms with Gasteiger partial charge in [-0.1, -0.05) is 133 Å². The Balaban J connectivity index is 1.24. The van der Waals surface area contributed by atoms with Gasteiger partial charge >= 0.3 is 0 Å². The van der Waals surface area contributed by atoms with E-state index in [1.165, 1.54) is 0 Å². The summed E-state index contributed by atoms with van der Waals surface area (Å²) in [6.07, 6.45) is 1.86. The summed E-state index contributed by atoms with van der Waals surface area (Å²) < 4.78 is 6.63. The molecule has 3 aromatic heterocycles. The molecule has 7 aromatic carbocycles. The number of hydrogen-bond acceptors (Lipinski definition) is 5. The number of hydrogen-bond donors (Lipinski definition) is 0. The van der Waals surface area contributed by atoms with Crippen molar-refractivity contribution in [2.45, 2.75) is 0 Å². The van der Waals surface area contributed by atoms with Crippen molar-refractivity contribution >= 4 is 43.6 Å².